The molecule has 1 aliphatic carbocycles. The van der Waals surface area contributed by atoms with Gasteiger partial charge in [0.15, 0.2) is 17.4 Å². The zero-order valence-corrected chi connectivity index (χ0v) is 30.7. The van der Waals surface area contributed by atoms with Crippen molar-refractivity contribution < 1.29 is 38.7 Å². The molecule has 7 rings (SSSR count). The number of ketones is 1. The second kappa shape index (κ2) is 13.5. The number of aliphatic hydroxyl groups is 2. The Labute approximate surface area is 297 Å². The van der Waals surface area contributed by atoms with Gasteiger partial charge >= 0.3 is 5.97 Å². The number of carbonyl (C=O) groups excluding carboxylic acids is 2. The first-order valence-corrected chi connectivity index (χ1v) is 19.2. The van der Waals surface area contributed by atoms with Gasteiger partial charge in [-0.05, 0) is 101 Å². The van der Waals surface area contributed by atoms with Crippen molar-refractivity contribution in [1.29, 1.82) is 0 Å². The summed E-state index contributed by atoms with van der Waals surface area (Å²) in [6.07, 6.45) is 9.73. The van der Waals surface area contributed by atoms with Gasteiger partial charge in [-0.1, -0.05) is 37.6 Å². The number of nitrogens with zero attached hydrogens (tertiary/aromatic N) is 1. The topological polar surface area (TPSA) is 124 Å². The summed E-state index contributed by atoms with van der Waals surface area (Å²) < 4.78 is 25.6. The first-order chi connectivity index (χ1) is 23.7. The van der Waals surface area contributed by atoms with Gasteiger partial charge in [-0.2, -0.15) is 0 Å². The van der Waals surface area contributed by atoms with Crippen molar-refractivity contribution in [2.45, 2.75) is 160 Å². The number of esters is 1. The monoisotopic (exact) mass is 691 g/mol. The minimum Gasteiger partial charge on any atom is -0.450 e. The van der Waals surface area contributed by atoms with Gasteiger partial charge in [-0.3, -0.25) is 9.79 Å². The van der Waals surface area contributed by atoms with E-state index in [1.54, 1.807) is 6.92 Å². The molecule has 9 nitrogen and oxygen atoms in total. The number of carbonyl (C=O) groups is 2. The Morgan fingerprint density at radius 2 is 1.70 bits per heavy atom. The Balaban J connectivity index is 1.29. The maximum absolute atomic E-state index is 14.5. The number of aliphatic hydroxyl groups excluding tert-OH is 2. The summed E-state index contributed by atoms with van der Waals surface area (Å²) in [6, 6.07) is 0. The molecule has 0 radical (unpaired) electrons. The Morgan fingerprint density at radius 3 is 2.46 bits per heavy atom. The molecule has 2 N–H and O–H groups in total. The molecule has 0 aromatic rings. The second-order valence-electron chi connectivity index (χ2n) is 16.8. The second-order valence-corrected chi connectivity index (χ2v) is 16.8. The highest BCUT2D eigenvalue weighted by Gasteiger charge is 2.59. The predicted octanol–water partition coefficient (Wildman–Crippen LogP) is 6.62. The fourth-order valence-corrected chi connectivity index (χ4v) is 10.1. The van der Waals surface area contributed by atoms with Gasteiger partial charge in [0, 0.05) is 55.6 Å². The van der Waals surface area contributed by atoms with Crippen LogP contribution in [0.4, 0.5) is 0 Å². The van der Waals surface area contributed by atoms with Crippen LogP contribution in [0.3, 0.4) is 0 Å². The van der Waals surface area contributed by atoms with Crippen LogP contribution in [0.5, 0.6) is 0 Å². The fourth-order valence-electron chi connectivity index (χ4n) is 10.1. The van der Waals surface area contributed by atoms with E-state index in [-0.39, 0.29) is 29.9 Å². The molecule has 0 amide bonds. The molecular weight excluding hydrogens is 634 g/mol. The zero-order chi connectivity index (χ0) is 35.6. The van der Waals surface area contributed by atoms with E-state index < -0.39 is 35.3 Å². The molecule has 6 aliphatic heterocycles. The Kier molecular flexibility index (Phi) is 9.72. The minimum absolute atomic E-state index is 0.0597. The van der Waals surface area contributed by atoms with Crippen LogP contribution in [-0.4, -0.2) is 76.3 Å². The molecule has 3 spiro atoms. The number of allylic oxidation sites excluding steroid dienone is 2. The van der Waals surface area contributed by atoms with E-state index in [0.717, 1.165) is 35.1 Å². The molecule has 4 bridgehead atoms. The van der Waals surface area contributed by atoms with Crippen molar-refractivity contribution in [2.24, 2.45) is 28.2 Å². The van der Waals surface area contributed by atoms with Crippen molar-refractivity contribution in [1.82, 2.24) is 0 Å². The summed E-state index contributed by atoms with van der Waals surface area (Å²) in [5.74, 6) is -1.74. The lowest BCUT2D eigenvalue weighted by atomic mass is 9.56. The number of ether oxygens (including phenoxy) is 4. The van der Waals surface area contributed by atoms with Crippen molar-refractivity contribution in [3.05, 3.63) is 46.6 Å². The highest BCUT2D eigenvalue weighted by Crippen LogP contribution is 2.55. The highest BCUT2D eigenvalue weighted by molar-refractivity contribution is 6.42. The van der Waals surface area contributed by atoms with Gasteiger partial charge in [0.25, 0.3) is 0 Å². The van der Waals surface area contributed by atoms with E-state index in [2.05, 4.69) is 33.4 Å². The van der Waals surface area contributed by atoms with Crippen molar-refractivity contribution in [3.63, 3.8) is 0 Å². The molecule has 0 saturated carbocycles. The summed E-state index contributed by atoms with van der Waals surface area (Å²) in [7, 11) is 0. The summed E-state index contributed by atoms with van der Waals surface area (Å²) in [6.45, 7) is 15.4. The van der Waals surface area contributed by atoms with Crippen LogP contribution >= 0.6 is 0 Å². The van der Waals surface area contributed by atoms with E-state index in [1.165, 1.54) is 0 Å². The number of fused-ring (bicyclic) bond motifs is 2. The van der Waals surface area contributed by atoms with E-state index in [4.69, 9.17) is 23.9 Å². The normalized spacial score (nSPS) is 45.6. The standard InChI is InChI=1S/C41H57NO8/c1-23-7-9-33(43)37-39(21-26(4)27(5)22-42-37)13-12-31(35-19-25(3)38(46)47-35)28(6)32(39)18-24(2)34(44)20-30-11-14-40(48-30)15-16-41(50-40)36(45)10-8-29(17-23)49-41/h18-19,26-27,29-30,32,34-36,44-45H,1,7-17,20-22H2,2-6H3/b24-18+. The van der Waals surface area contributed by atoms with Crippen LogP contribution in [-0.2, 0) is 28.5 Å². The maximum Gasteiger partial charge on any atom is 0.334 e. The smallest absolute Gasteiger partial charge is 0.334 e. The zero-order valence-electron chi connectivity index (χ0n) is 30.7. The molecule has 50 heavy (non-hydrogen) atoms. The molecule has 3 fully saturated rings. The van der Waals surface area contributed by atoms with Crippen molar-refractivity contribution in [2.75, 3.05) is 6.54 Å². The highest BCUT2D eigenvalue weighted by atomic mass is 16.8. The summed E-state index contributed by atoms with van der Waals surface area (Å²) >= 11 is 0. The van der Waals surface area contributed by atoms with Gasteiger partial charge < -0.3 is 29.2 Å². The van der Waals surface area contributed by atoms with E-state index in [1.807, 2.05) is 13.0 Å². The van der Waals surface area contributed by atoms with Crippen molar-refractivity contribution in [3.8, 4) is 0 Å². The number of rotatable bonds is 1. The largest absolute Gasteiger partial charge is 0.450 e. The summed E-state index contributed by atoms with van der Waals surface area (Å²) in [4.78, 5) is 32.2. The molecule has 0 aromatic carbocycles. The SMILES string of the molecule is C=C1CCC(=O)C2=NCC(C)C(C)CC23CCC(C2C=C(C)C(=O)O2)=C(C)C3/C=C(\C)C(O)CC2CCC3(CCC4(OC(CCC4O)C1)O3)O2. The van der Waals surface area contributed by atoms with E-state index >= 15 is 0 Å². The number of hydrogen-bond acceptors (Lipinski definition) is 9. The van der Waals surface area contributed by atoms with Gasteiger partial charge in [-0.15, -0.1) is 0 Å². The maximum atomic E-state index is 14.5. The third-order valence-corrected chi connectivity index (χ3v) is 13.4. The van der Waals surface area contributed by atoms with Gasteiger partial charge in [0.2, 0.25) is 0 Å². The van der Waals surface area contributed by atoms with Crippen LogP contribution in [0, 0.1) is 23.2 Å². The Hall–Kier alpha value is -2.43. The average Bonchev–Trinajstić information content (AvgIpc) is 3.72. The van der Waals surface area contributed by atoms with Crippen LogP contribution in [0.2, 0.25) is 0 Å². The average molecular weight is 692 g/mol. The fraction of sp³-hybridized carbons (Fsp3) is 0.732. The lowest BCUT2D eigenvalue weighted by Gasteiger charge is -2.47. The molecule has 7 aliphatic rings. The van der Waals surface area contributed by atoms with Gasteiger partial charge in [0.05, 0.1) is 24.0 Å². The minimum atomic E-state index is -1.11. The van der Waals surface area contributed by atoms with Gasteiger partial charge in [0.1, 0.15) is 12.2 Å². The number of cyclic esters (lactones) is 1. The lowest BCUT2D eigenvalue weighted by Crippen LogP contribution is -2.52. The molecule has 6 heterocycles. The molecule has 3 saturated heterocycles. The van der Waals surface area contributed by atoms with Crippen LogP contribution in [0.15, 0.2) is 51.6 Å². The van der Waals surface area contributed by atoms with Crippen LogP contribution < -0.4 is 0 Å². The third-order valence-electron chi connectivity index (χ3n) is 13.4. The molecule has 9 heteroatoms. The number of Topliss-reactive ketones (excluding diaryl/α,β-unsaturated/α-hetero) is 1. The molecule has 11 unspecified atom stereocenters. The quantitative estimate of drug-likeness (QED) is 0.233. The Bertz CT molecular complexity index is 1540. The van der Waals surface area contributed by atoms with E-state index in [9.17, 15) is 19.8 Å². The molecule has 0 aromatic heterocycles. The lowest BCUT2D eigenvalue weighted by molar-refractivity contribution is -0.363. The third kappa shape index (κ3) is 6.44. The molecular formula is C41H57NO8. The summed E-state index contributed by atoms with van der Waals surface area (Å²) in [5, 5.41) is 22.9. The predicted molar refractivity (Wildman–Crippen MR) is 189 cm³/mol. The number of aliphatic imine (C=N–C) groups is 1. The van der Waals surface area contributed by atoms with Gasteiger partial charge in [-0.25, -0.2) is 4.79 Å². The summed E-state index contributed by atoms with van der Waals surface area (Å²) in [5.41, 5.74) is 4.67. The van der Waals surface area contributed by atoms with Crippen LogP contribution in [0.25, 0.3) is 0 Å². The van der Waals surface area contributed by atoms with E-state index in [0.29, 0.717) is 100 Å². The Morgan fingerprint density at radius 1 is 0.900 bits per heavy atom. The molecule has 274 valence electrons. The van der Waals surface area contributed by atoms with Crippen molar-refractivity contribution >= 4 is 17.5 Å². The first kappa shape index (κ1) is 36.0. The first-order valence-electron chi connectivity index (χ1n) is 19.2. The van der Waals surface area contributed by atoms with Crippen LogP contribution in [0.1, 0.15) is 118 Å². The molecule has 11 atom stereocenters. The number of hydrogen-bond donors (Lipinski definition) is 2.